The van der Waals surface area contributed by atoms with Gasteiger partial charge in [0.25, 0.3) is 5.91 Å². The molecule has 154 valence electrons. The number of nitrogens with zero attached hydrogens (tertiary/aromatic N) is 1. The Hall–Kier alpha value is -3.54. The van der Waals surface area contributed by atoms with E-state index in [9.17, 15) is 9.59 Å². The number of hydrogen-bond donors (Lipinski definition) is 1. The number of ether oxygens (including phenoxy) is 1. The summed E-state index contributed by atoms with van der Waals surface area (Å²) in [5, 5.41) is 3.00. The Morgan fingerprint density at radius 2 is 1.83 bits per heavy atom. The molecule has 1 aliphatic rings. The van der Waals surface area contributed by atoms with E-state index in [1.807, 2.05) is 48.5 Å². The fourth-order valence-corrected chi connectivity index (χ4v) is 3.75. The Morgan fingerprint density at radius 3 is 2.53 bits per heavy atom. The van der Waals surface area contributed by atoms with Gasteiger partial charge < -0.3 is 19.4 Å². The summed E-state index contributed by atoms with van der Waals surface area (Å²) >= 11 is 0. The van der Waals surface area contributed by atoms with Crippen LogP contribution in [0.3, 0.4) is 0 Å². The highest BCUT2D eigenvalue weighted by Crippen LogP contribution is 2.25. The molecule has 6 heteroatoms. The average Bonchev–Trinajstić information content (AvgIpc) is 3.33. The lowest BCUT2D eigenvalue weighted by molar-refractivity contribution is -0.126. The van der Waals surface area contributed by atoms with Crippen LogP contribution in [-0.4, -0.2) is 36.4 Å². The van der Waals surface area contributed by atoms with E-state index in [2.05, 4.69) is 5.32 Å². The van der Waals surface area contributed by atoms with Crippen molar-refractivity contribution in [2.24, 2.45) is 0 Å². The van der Waals surface area contributed by atoms with Gasteiger partial charge in [-0.1, -0.05) is 36.4 Å². The van der Waals surface area contributed by atoms with Crippen LogP contribution < -0.4 is 10.1 Å². The van der Waals surface area contributed by atoms with Crippen molar-refractivity contribution >= 4 is 11.8 Å². The van der Waals surface area contributed by atoms with Crippen molar-refractivity contribution in [1.29, 1.82) is 0 Å². The molecule has 0 bridgehead atoms. The van der Waals surface area contributed by atoms with Crippen molar-refractivity contribution < 1.29 is 18.7 Å². The van der Waals surface area contributed by atoms with Crippen LogP contribution >= 0.6 is 0 Å². The number of benzene rings is 2. The summed E-state index contributed by atoms with van der Waals surface area (Å²) in [5.41, 5.74) is 3.25. The number of nitrogens with one attached hydrogen (secondary N) is 1. The summed E-state index contributed by atoms with van der Waals surface area (Å²) in [6.07, 6.45) is 2.65. The molecule has 2 heterocycles. The van der Waals surface area contributed by atoms with Gasteiger partial charge in [0, 0.05) is 19.5 Å². The molecule has 1 unspecified atom stereocenters. The number of fused-ring (bicyclic) bond motifs is 1. The lowest BCUT2D eigenvalue weighted by Gasteiger charge is -2.35. The van der Waals surface area contributed by atoms with Crippen LogP contribution in [0.2, 0.25) is 0 Å². The second-order valence-corrected chi connectivity index (χ2v) is 7.29. The Balaban J connectivity index is 1.46. The SMILES string of the molecule is COc1ccc(CCNC(=O)C2Cc3ccccc3CN2C(=O)c2ccco2)cc1. The molecule has 0 radical (unpaired) electrons. The van der Waals surface area contributed by atoms with Gasteiger partial charge in [0.1, 0.15) is 11.8 Å². The summed E-state index contributed by atoms with van der Waals surface area (Å²) in [6, 6.07) is 18.4. The Kier molecular flexibility index (Phi) is 5.84. The monoisotopic (exact) mass is 404 g/mol. The Bertz CT molecular complexity index is 1010. The van der Waals surface area contributed by atoms with Crippen molar-refractivity contribution in [3.63, 3.8) is 0 Å². The first kappa shape index (κ1) is 19.8. The first-order valence-corrected chi connectivity index (χ1v) is 9.97. The molecule has 3 aromatic rings. The number of hydrogen-bond acceptors (Lipinski definition) is 4. The van der Waals surface area contributed by atoms with E-state index >= 15 is 0 Å². The van der Waals surface area contributed by atoms with Crippen LogP contribution in [0.1, 0.15) is 27.2 Å². The minimum atomic E-state index is -0.576. The van der Waals surface area contributed by atoms with E-state index in [4.69, 9.17) is 9.15 Å². The summed E-state index contributed by atoms with van der Waals surface area (Å²) < 4.78 is 10.5. The molecule has 1 atom stereocenters. The quantitative estimate of drug-likeness (QED) is 0.685. The van der Waals surface area contributed by atoms with Crippen LogP contribution in [0, 0.1) is 0 Å². The average molecular weight is 404 g/mol. The maximum atomic E-state index is 13.0. The van der Waals surface area contributed by atoms with Crippen molar-refractivity contribution in [3.8, 4) is 5.75 Å². The van der Waals surface area contributed by atoms with E-state index in [0.717, 1.165) is 22.4 Å². The number of carbonyl (C=O) groups is 2. The van der Waals surface area contributed by atoms with Gasteiger partial charge in [-0.2, -0.15) is 0 Å². The molecule has 0 aliphatic carbocycles. The van der Waals surface area contributed by atoms with Crippen LogP contribution in [0.25, 0.3) is 0 Å². The van der Waals surface area contributed by atoms with Crippen LogP contribution in [0.5, 0.6) is 5.75 Å². The predicted molar refractivity (Wildman–Crippen MR) is 112 cm³/mol. The third kappa shape index (κ3) is 4.22. The van der Waals surface area contributed by atoms with Crippen molar-refractivity contribution in [1.82, 2.24) is 10.2 Å². The van der Waals surface area contributed by atoms with Gasteiger partial charge in [0.2, 0.25) is 5.91 Å². The molecule has 4 rings (SSSR count). The molecule has 0 fully saturated rings. The van der Waals surface area contributed by atoms with E-state index in [1.54, 1.807) is 24.1 Å². The number of rotatable bonds is 6. The van der Waals surface area contributed by atoms with Crippen molar-refractivity contribution in [2.75, 3.05) is 13.7 Å². The number of carbonyl (C=O) groups excluding carboxylic acids is 2. The fraction of sp³-hybridized carbons (Fsp3) is 0.250. The second kappa shape index (κ2) is 8.86. The predicted octanol–water partition coefficient (Wildman–Crippen LogP) is 3.21. The highest BCUT2D eigenvalue weighted by molar-refractivity contribution is 5.96. The fourth-order valence-electron chi connectivity index (χ4n) is 3.75. The topological polar surface area (TPSA) is 71.8 Å². The molecule has 1 N–H and O–H groups in total. The molecular weight excluding hydrogens is 380 g/mol. The van der Waals surface area contributed by atoms with Gasteiger partial charge in [-0.15, -0.1) is 0 Å². The van der Waals surface area contributed by atoms with Gasteiger partial charge in [-0.05, 0) is 47.4 Å². The zero-order valence-corrected chi connectivity index (χ0v) is 16.8. The zero-order chi connectivity index (χ0) is 20.9. The van der Waals surface area contributed by atoms with Gasteiger partial charge in [-0.3, -0.25) is 9.59 Å². The van der Waals surface area contributed by atoms with Gasteiger partial charge in [-0.25, -0.2) is 0 Å². The smallest absolute Gasteiger partial charge is 0.290 e. The van der Waals surface area contributed by atoms with E-state index in [1.165, 1.54) is 6.26 Å². The third-order valence-corrected chi connectivity index (χ3v) is 5.42. The maximum absolute atomic E-state index is 13.0. The van der Waals surface area contributed by atoms with Crippen molar-refractivity contribution in [2.45, 2.75) is 25.4 Å². The first-order valence-electron chi connectivity index (χ1n) is 9.97. The molecule has 6 nitrogen and oxygen atoms in total. The van der Waals surface area contributed by atoms with Crippen LogP contribution in [0.4, 0.5) is 0 Å². The van der Waals surface area contributed by atoms with Crippen molar-refractivity contribution in [3.05, 3.63) is 89.4 Å². The van der Waals surface area contributed by atoms with E-state index in [-0.39, 0.29) is 17.6 Å². The normalized spacial score (nSPS) is 15.4. The van der Waals surface area contributed by atoms with Crippen LogP contribution in [0.15, 0.2) is 71.3 Å². The lowest BCUT2D eigenvalue weighted by atomic mass is 9.93. The third-order valence-electron chi connectivity index (χ3n) is 5.42. The molecule has 2 amide bonds. The molecule has 2 aromatic carbocycles. The highest BCUT2D eigenvalue weighted by atomic mass is 16.5. The second-order valence-electron chi connectivity index (χ2n) is 7.29. The summed E-state index contributed by atoms with van der Waals surface area (Å²) in [7, 11) is 1.63. The molecule has 1 aliphatic heterocycles. The Labute approximate surface area is 175 Å². The molecule has 1 aromatic heterocycles. The highest BCUT2D eigenvalue weighted by Gasteiger charge is 2.35. The summed E-state index contributed by atoms with van der Waals surface area (Å²) in [4.78, 5) is 27.6. The lowest BCUT2D eigenvalue weighted by Crippen LogP contribution is -2.52. The first-order chi connectivity index (χ1) is 14.7. The molecule has 0 spiro atoms. The molecular formula is C24H24N2O4. The summed E-state index contributed by atoms with van der Waals surface area (Å²) in [5.74, 6) is 0.615. The standard InChI is InChI=1S/C24H24N2O4/c1-29-20-10-8-17(9-11-20)12-13-25-23(27)21-15-18-5-2-3-6-19(18)16-26(21)24(28)22-7-4-14-30-22/h2-11,14,21H,12-13,15-16H2,1H3,(H,25,27). The number of amides is 2. The van der Waals surface area contributed by atoms with Gasteiger partial charge >= 0.3 is 0 Å². The zero-order valence-electron chi connectivity index (χ0n) is 16.8. The minimum Gasteiger partial charge on any atom is -0.497 e. The largest absolute Gasteiger partial charge is 0.497 e. The minimum absolute atomic E-state index is 0.155. The molecule has 0 saturated heterocycles. The Morgan fingerprint density at radius 1 is 1.07 bits per heavy atom. The van der Waals surface area contributed by atoms with Gasteiger partial charge in [0.15, 0.2) is 5.76 Å². The molecule has 30 heavy (non-hydrogen) atoms. The van der Waals surface area contributed by atoms with Crippen LogP contribution in [-0.2, 0) is 24.2 Å². The summed E-state index contributed by atoms with van der Waals surface area (Å²) in [6.45, 7) is 0.873. The maximum Gasteiger partial charge on any atom is 0.290 e. The van der Waals surface area contributed by atoms with Gasteiger partial charge in [0.05, 0.1) is 13.4 Å². The van der Waals surface area contributed by atoms with E-state index < -0.39 is 6.04 Å². The number of methoxy groups -OCH3 is 1. The van der Waals surface area contributed by atoms with E-state index in [0.29, 0.717) is 25.9 Å². The molecule has 0 saturated carbocycles. The number of furan rings is 1.